The van der Waals surface area contributed by atoms with E-state index in [-0.39, 0.29) is 61.9 Å². The van der Waals surface area contributed by atoms with E-state index in [0.29, 0.717) is 11.4 Å². The van der Waals surface area contributed by atoms with Crippen LogP contribution in [0.15, 0.2) is 51.7 Å². The van der Waals surface area contributed by atoms with E-state index in [1.807, 2.05) is 0 Å². The Morgan fingerprint density at radius 2 is 1.69 bits per heavy atom. The van der Waals surface area contributed by atoms with E-state index in [2.05, 4.69) is 24.8 Å². The van der Waals surface area contributed by atoms with Gasteiger partial charge in [0, 0.05) is 11.6 Å². The molecule has 228 valence electrons. The molecule has 4 N–H and O–H groups in total. The summed E-state index contributed by atoms with van der Waals surface area (Å²) in [6.45, 7) is 4.60. The molecule has 12 nitrogen and oxygen atoms in total. The van der Waals surface area contributed by atoms with Crippen molar-refractivity contribution in [1.29, 1.82) is 0 Å². The van der Waals surface area contributed by atoms with Gasteiger partial charge in [-0.1, -0.05) is 0 Å². The van der Waals surface area contributed by atoms with Crippen molar-refractivity contribution in [3.8, 4) is 39.9 Å². The SMILES string of the molecule is Cc1nn(-c2ccc(OC(F)(F)F)cc2)c2c1C(=O)C1(C)C(=C2)Oc2c(-c3ccc4c(=O)[nH]c(=O)[nH]c4n3)c(O)c(C)c(O)c21. The number of aryl methyl sites for hydroxylation is 1. The van der Waals surface area contributed by atoms with Crippen LogP contribution in [-0.2, 0) is 5.41 Å². The molecule has 1 atom stereocenters. The van der Waals surface area contributed by atoms with Crippen LogP contribution in [-0.4, -0.2) is 47.1 Å². The number of alkyl halides is 3. The van der Waals surface area contributed by atoms with Crippen molar-refractivity contribution in [3.63, 3.8) is 0 Å². The Balaban J connectivity index is 1.40. The van der Waals surface area contributed by atoms with E-state index >= 15 is 0 Å². The van der Waals surface area contributed by atoms with Crippen LogP contribution in [0.3, 0.4) is 0 Å². The molecule has 0 amide bonds. The number of carbonyl (C=O) groups excluding carboxylic acids is 1. The molecule has 1 aliphatic carbocycles. The number of allylic oxidation sites excluding steroid dienone is 1. The molecule has 0 radical (unpaired) electrons. The molecule has 1 aliphatic heterocycles. The lowest BCUT2D eigenvalue weighted by Crippen LogP contribution is -2.36. The first kappa shape index (κ1) is 27.9. The Kier molecular flexibility index (Phi) is 5.63. The Morgan fingerprint density at radius 3 is 2.38 bits per heavy atom. The van der Waals surface area contributed by atoms with Gasteiger partial charge in [-0.25, -0.2) is 14.5 Å². The van der Waals surface area contributed by atoms with Gasteiger partial charge in [0.2, 0.25) is 0 Å². The van der Waals surface area contributed by atoms with Crippen molar-refractivity contribution in [1.82, 2.24) is 24.7 Å². The molecule has 2 aliphatic rings. The predicted molar refractivity (Wildman–Crippen MR) is 152 cm³/mol. The van der Waals surface area contributed by atoms with E-state index in [4.69, 9.17) is 4.74 Å². The molecular weight excluding hydrogens is 599 g/mol. The Labute approximate surface area is 249 Å². The minimum absolute atomic E-state index is 0.00955. The maximum absolute atomic E-state index is 14.3. The molecule has 0 bridgehead atoms. The van der Waals surface area contributed by atoms with E-state index in [9.17, 15) is 37.8 Å². The molecule has 1 unspecified atom stereocenters. The molecule has 2 aromatic carbocycles. The first-order valence-corrected chi connectivity index (χ1v) is 13.3. The number of Topliss-reactive ketones (excluding diaryl/α,β-unsaturated/α-hetero) is 1. The third kappa shape index (κ3) is 3.96. The first-order chi connectivity index (χ1) is 21.2. The lowest BCUT2D eigenvalue weighted by atomic mass is 9.71. The largest absolute Gasteiger partial charge is 0.573 e. The predicted octanol–water partition coefficient (Wildman–Crippen LogP) is 4.28. The highest BCUT2D eigenvalue weighted by Crippen LogP contribution is 2.60. The highest BCUT2D eigenvalue weighted by atomic mass is 19.4. The third-order valence-corrected chi connectivity index (χ3v) is 8.06. The Bertz CT molecular complexity index is 2280. The number of aromatic nitrogens is 5. The Hall–Kier alpha value is -5.86. The van der Waals surface area contributed by atoms with Crippen molar-refractivity contribution >= 4 is 22.9 Å². The number of carbonyl (C=O) groups is 1. The summed E-state index contributed by atoms with van der Waals surface area (Å²) < 4.78 is 49.5. The van der Waals surface area contributed by atoms with Crippen LogP contribution in [0.1, 0.15) is 39.8 Å². The average molecular weight is 620 g/mol. The van der Waals surface area contributed by atoms with E-state index < -0.39 is 40.3 Å². The van der Waals surface area contributed by atoms with Crippen molar-refractivity contribution in [3.05, 3.63) is 91.1 Å². The van der Waals surface area contributed by atoms with Crippen LogP contribution >= 0.6 is 0 Å². The van der Waals surface area contributed by atoms with E-state index in [1.54, 1.807) is 13.8 Å². The number of nitrogens with zero attached hydrogens (tertiary/aromatic N) is 3. The highest BCUT2D eigenvalue weighted by molar-refractivity contribution is 6.14. The van der Waals surface area contributed by atoms with Crippen LogP contribution in [0, 0.1) is 13.8 Å². The van der Waals surface area contributed by atoms with Crippen LogP contribution in [0.4, 0.5) is 13.2 Å². The monoisotopic (exact) mass is 619 g/mol. The topological polar surface area (TPSA) is 172 Å². The zero-order valence-electron chi connectivity index (χ0n) is 23.5. The number of hydrogen-bond acceptors (Lipinski definition) is 9. The molecule has 0 spiro atoms. The number of nitrogens with one attached hydrogen (secondary N) is 2. The number of pyridine rings is 1. The van der Waals surface area contributed by atoms with Gasteiger partial charge < -0.3 is 19.7 Å². The second-order valence-corrected chi connectivity index (χ2v) is 10.8. The van der Waals surface area contributed by atoms with Crippen molar-refractivity contribution in [2.75, 3.05) is 0 Å². The second kappa shape index (κ2) is 9.07. The third-order valence-electron chi connectivity index (χ3n) is 8.06. The lowest BCUT2D eigenvalue weighted by Gasteiger charge is -2.27. The molecule has 3 aromatic heterocycles. The highest BCUT2D eigenvalue weighted by Gasteiger charge is 2.55. The maximum atomic E-state index is 14.3. The van der Waals surface area contributed by atoms with Crippen LogP contribution in [0.25, 0.3) is 34.1 Å². The number of phenolic OH excluding ortho intramolecular Hbond substituents is 2. The number of rotatable bonds is 3. The zero-order valence-corrected chi connectivity index (χ0v) is 23.5. The van der Waals surface area contributed by atoms with Gasteiger partial charge in [-0.2, -0.15) is 5.10 Å². The minimum atomic E-state index is -4.87. The number of ketones is 1. The molecule has 4 heterocycles. The van der Waals surface area contributed by atoms with Gasteiger partial charge in [0.1, 0.15) is 39.8 Å². The molecule has 5 aromatic rings. The first-order valence-electron chi connectivity index (χ1n) is 13.3. The molecule has 45 heavy (non-hydrogen) atoms. The molecule has 7 rings (SSSR count). The van der Waals surface area contributed by atoms with Gasteiger partial charge >= 0.3 is 12.1 Å². The number of aromatic hydroxyl groups is 2. The number of aromatic amines is 2. The van der Waals surface area contributed by atoms with E-state index in [0.717, 1.165) is 12.1 Å². The summed E-state index contributed by atoms with van der Waals surface area (Å²) in [6, 6.07) is 7.75. The number of halogens is 3. The zero-order chi connectivity index (χ0) is 32.2. The fourth-order valence-electron chi connectivity index (χ4n) is 5.87. The van der Waals surface area contributed by atoms with Crippen molar-refractivity contribution in [2.24, 2.45) is 0 Å². The quantitative estimate of drug-likeness (QED) is 0.230. The fraction of sp³-hybridized carbons (Fsp3) is 0.167. The summed E-state index contributed by atoms with van der Waals surface area (Å²) in [5.41, 5.74) is -1.78. The fourth-order valence-corrected chi connectivity index (χ4v) is 5.87. The number of fused-ring (bicyclic) bond motifs is 5. The van der Waals surface area contributed by atoms with Crippen LogP contribution in [0.2, 0.25) is 0 Å². The van der Waals surface area contributed by atoms with Gasteiger partial charge in [0.15, 0.2) is 5.78 Å². The molecule has 0 fully saturated rings. The van der Waals surface area contributed by atoms with Crippen molar-refractivity contribution < 1.29 is 37.7 Å². The summed E-state index contributed by atoms with van der Waals surface area (Å²) in [7, 11) is 0. The molecule has 0 saturated heterocycles. The summed E-state index contributed by atoms with van der Waals surface area (Å²) in [4.78, 5) is 47.4. The number of H-pyrrole nitrogens is 2. The molecule has 0 saturated carbocycles. The minimum Gasteiger partial charge on any atom is -0.507 e. The van der Waals surface area contributed by atoms with E-state index in [1.165, 1.54) is 41.9 Å². The van der Waals surface area contributed by atoms with Gasteiger partial charge in [-0.05, 0) is 57.2 Å². The van der Waals surface area contributed by atoms with Gasteiger partial charge in [-0.3, -0.25) is 19.6 Å². The molecule has 15 heteroatoms. The number of benzene rings is 2. The van der Waals surface area contributed by atoms with Crippen molar-refractivity contribution in [2.45, 2.75) is 32.5 Å². The standard InChI is InChI=1S/C30H20F3N5O7/c1-11-22(39)20(16-9-8-15-26(34-16)35-28(43)36-27(15)42)24-21(23(11)40)29(3)18(44-24)10-17-19(25(29)41)12(2)37-38(17)13-4-6-14(7-5-13)45-30(31,32)33/h4-10,39-40H,1-3H3,(H2,34,35,36,42,43). The maximum Gasteiger partial charge on any atom is 0.573 e. The van der Waals surface area contributed by atoms with Gasteiger partial charge in [0.25, 0.3) is 5.56 Å². The normalized spacial score (nSPS) is 17.0. The molecular formula is C30H20F3N5O7. The summed E-state index contributed by atoms with van der Waals surface area (Å²) in [5.74, 6) is -1.68. The number of phenols is 2. The summed E-state index contributed by atoms with van der Waals surface area (Å²) in [5, 5.41) is 27.0. The lowest BCUT2D eigenvalue weighted by molar-refractivity contribution is -0.274. The van der Waals surface area contributed by atoms with Crippen LogP contribution in [0.5, 0.6) is 23.0 Å². The Morgan fingerprint density at radius 1 is 0.978 bits per heavy atom. The average Bonchev–Trinajstić information content (AvgIpc) is 3.45. The van der Waals surface area contributed by atoms with Gasteiger partial charge in [0.05, 0.1) is 44.8 Å². The second-order valence-electron chi connectivity index (χ2n) is 10.8. The van der Waals surface area contributed by atoms with Crippen LogP contribution < -0.4 is 20.7 Å². The smallest absolute Gasteiger partial charge is 0.507 e. The summed E-state index contributed by atoms with van der Waals surface area (Å²) in [6.07, 6.45) is -3.33. The van der Waals surface area contributed by atoms with Gasteiger partial charge in [-0.15, -0.1) is 13.2 Å². The summed E-state index contributed by atoms with van der Waals surface area (Å²) >= 11 is 0. The number of hydrogen-bond donors (Lipinski definition) is 4. The number of ether oxygens (including phenoxy) is 2.